The lowest BCUT2D eigenvalue weighted by Crippen LogP contribution is -2.35. The van der Waals surface area contributed by atoms with E-state index in [2.05, 4.69) is 36.1 Å². The molecule has 1 fully saturated rings. The highest BCUT2D eigenvalue weighted by molar-refractivity contribution is 5.87. The molecule has 1 saturated heterocycles. The van der Waals surface area contributed by atoms with Gasteiger partial charge in [-0.1, -0.05) is 20.8 Å². The normalized spacial score (nSPS) is 19.6. The summed E-state index contributed by atoms with van der Waals surface area (Å²) >= 11 is 0. The summed E-state index contributed by atoms with van der Waals surface area (Å²) in [5.74, 6) is 0.332. The number of nitrogens with one attached hydrogen (secondary N) is 1. The van der Waals surface area contributed by atoms with Gasteiger partial charge >= 0.3 is 6.03 Å². The van der Waals surface area contributed by atoms with Gasteiger partial charge in [0, 0.05) is 31.5 Å². The predicted molar refractivity (Wildman–Crippen MR) is 73.9 cm³/mol. The van der Waals surface area contributed by atoms with Gasteiger partial charge in [0.25, 0.3) is 0 Å². The largest absolute Gasteiger partial charge is 0.326 e. The fourth-order valence-electron chi connectivity index (χ4n) is 1.93. The molecule has 0 aliphatic carbocycles. The van der Waals surface area contributed by atoms with Crippen molar-refractivity contribution in [1.29, 1.82) is 0 Å². The first-order chi connectivity index (χ1) is 8.86. The number of carbonyl (C=O) groups is 1. The molecule has 1 unspecified atom stereocenters. The number of urea groups is 1. The van der Waals surface area contributed by atoms with Crippen LogP contribution in [0.1, 0.15) is 32.8 Å². The Balaban J connectivity index is 1.98. The third-order valence-corrected chi connectivity index (χ3v) is 3.25. The molecule has 0 saturated carbocycles. The van der Waals surface area contributed by atoms with Crippen LogP contribution in [-0.2, 0) is 5.41 Å². The summed E-state index contributed by atoms with van der Waals surface area (Å²) in [5, 5.41) is 2.69. The number of amides is 2. The van der Waals surface area contributed by atoms with E-state index in [-0.39, 0.29) is 17.5 Å². The van der Waals surface area contributed by atoms with Crippen molar-refractivity contribution in [1.82, 2.24) is 14.9 Å². The maximum Gasteiger partial charge on any atom is 0.324 e. The van der Waals surface area contributed by atoms with Gasteiger partial charge in [-0.25, -0.2) is 14.8 Å². The van der Waals surface area contributed by atoms with Crippen LogP contribution >= 0.6 is 0 Å². The molecular weight excluding hydrogens is 242 g/mol. The monoisotopic (exact) mass is 263 g/mol. The van der Waals surface area contributed by atoms with Gasteiger partial charge in [-0.05, 0) is 17.4 Å². The van der Waals surface area contributed by atoms with Crippen LogP contribution in [-0.4, -0.2) is 40.0 Å². The number of hydrogen-bond acceptors (Lipinski definition) is 4. The van der Waals surface area contributed by atoms with E-state index in [0.717, 1.165) is 12.0 Å². The molecule has 1 atom stereocenters. The number of rotatable bonds is 1. The van der Waals surface area contributed by atoms with Gasteiger partial charge in [0.2, 0.25) is 5.95 Å². The van der Waals surface area contributed by atoms with Gasteiger partial charge < -0.3 is 10.6 Å². The molecule has 3 N–H and O–H groups in total. The van der Waals surface area contributed by atoms with Crippen LogP contribution in [0.4, 0.5) is 10.7 Å². The van der Waals surface area contributed by atoms with E-state index in [9.17, 15) is 4.79 Å². The molecule has 104 valence electrons. The predicted octanol–water partition coefficient (Wildman–Crippen LogP) is 1.34. The van der Waals surface area contributed by atoms with Crippen LogP contribution in [0.3, 0.4) is 0 Å². The Kier molecular flexibility index (Phi) is 3.71. The second kappa shape index (κ2) is 5.13. The van der Waals surface area contributed by atoms with E-state index in [4.69, 9.17) is 5.73 Å². The lowest BCUT2D eigenvalue weighted by molar-refractivity contribution is 0.222. The van der Waals surface area contributed by atoms with Crippen molar-refractivity contribution >= 4 is 12.0 Å². The summed E-state index contributed by atoms with van der Waals surface area (Å²) in [6.07, 6.45) is 4.34. The van der Waals surface area contributed by atoms with Gasteiger partial charge in [0.1, 0.15) is 0 Å². The topological polar surface area (TPSA) is 84.1 Å². The Labute approximate surface area is 113 Å². The van der Waals surface area contributed by atoms with Gasteiger partial charge in [0.05, 0.1) is 0 Å². The molecule has 0 radical (unpaired) electrons. The Morgan fingerprint density at radius 2 is 2.05 bits per heavy atom. The Morgan fingerprint density at radius 1 is 1.42 bits per heavy atom. The van der Waals surface area contributed by atoms with Crippen LogP contribution in [0, 0.1) is 0 Å². The van der Waals surface area contributed by atoms with Gasteiger partial charge in [-0.2, -0.15) is 0 Å². The first kappa shape index (κ1) is 13.7. The summed E-state index contributed by atoms with van der Waals surface area (Å²) < 4.78 is 0. The zero-order chi connectivity index (χ0) is 14.0. The third-order valence-electron chi connectivity index (χ3n) is 3.25. The quantitative estimate of drug-likeness (QED) is 0.800. The minimum atomic E-state index is -0.184. The van der Waals surface area contributed by atoms with Crippen molar-refractivity contribution in [3.63, 3.8) is 0 Å². The molecule has 0 aromatic carbocycles. The zero-order valence-corrected chi connectivity index (χ0v) is 11.7. The van der Waals surface area contributed by atoms with Crippen molar-refractivity contribution < 1.29 is 4.79 Å². The molecular formula is C13H21N5O. The van der Waals surface area contributed by atoms with Crippen LogP contribution in [0.2, 0.25) is 0 Å². The molecule has 2 rings (SSSR count). The molecule has 19 heavy (non-hydrogen) atoms. The number of aromatic nitrogens is 2. The summed E-state index contributed by atoms with van der Waals surface area (Å²) in [6, 6.07) is -0.105. The van der Waals surface area contributed by atoms with Crippen molar-refractivity contribution in [2.75, 3.05) is 18.4 Å². The standard InChI is InChI=1S/C13H21N5O/c1-13(2,3)9-6-15-11(16-7-9)17-12(19)18-5-4-10(14)8-18/h6-7,10H,4-5,8,14H2,1-3H3,(H,15,16,17,19). The number of nitrogens with zero attached hydrogens (tertiary/aromatic N) is 3. The number of nitrogens with two attached hydrogens (primary N) is 1. The van der Waals surface area contributed by atoms with E-state index in [0.29, 0.717) is 19.0 Å². The molecule has 1 aliphatic heterocycles. The van der Waals surface area contributed by atoms with Crippen molar-refractivity contribution in [3.8, 4) is 0 Å². The summed E-state index contributed by atoms with van der Waals surface area (Å²) in [4.78, 5) is 22.0. The fraction of sp³-hybridized carbons (Fsp3) is 0.615. The molecule has 6 nitrogen and oxygen atoms in total. The van der Waals surface area contributed by atoms with Crippen LogP contribution in [0.15, 0.2) is 12.4 Å². The Hall–Kier alpha value is -1.69. The first-order valence-electron chi connectivity index (χ1n) is 6.50. The smallest absolute Gasteiger partial charge is 0.324 e. The average molecular weight is 263 g/mol. The number of hydrogen-bond donors (Lipinski definition) is 2. The van der Waals surface area contributed by atoms with Crippen molar-refractivity contribution in [3.05, 3.63) is 18.0 Å². The van der Waals surface area contributed by atoms with Crippen LogP contribution in [0.25, 0.3) is 0 Å². The van der Waals surface area contributed by atoms with E-state index >= 15 is 0 Å². The molecule has 2 amide bonds. The van der Waals surface area contributed by atoms with Gasteiger partial charge in [-0.15, -0.1) is 0 Å². The van der Waals surface area contributed by atoms with Crippen molar-refractivity contribution in [2.45, 2.75) is 38.6 Å². The SMILES string of the molecule is CC(C)(C)c1cnc(NC(=O)N2CCC(N)C2)nc1. The minimum Gasteiger partial charge on any atom is -0.326 e. The lowest BCUT2D eigenvalue weighted by Gasteiger charge is -2.19. The third kappa shape index (κ3) is 3.41. The van der Waals surface area contributed by atoms with Gasteiger partial charge in [0.15, 0.2) is 0 Å². The van der Waals surface area contributed by atoms with E-state index in [1.54, 1.807) is 17.3 Å². The fourth-order valence-corrected chi connectivity index (χ4v) is 1.93. The highest BCUT2D eigenvalue weighted by Gasteiger charge is 2.24. The maximum atomic E-state index is 11.9. The molecule has 2 heterocycles. The number of carbonyl (C=O) groups excluding carboxylic acids is 1. The zero-order valence-electron chi connectivity index (χ0n) is 11.7. The maximum absolute atomic E-state index is 11.9. The Bertz CT molecular complexity index is 451. The first-order valence-corrected chi connectivity index (χ1v) is 6.50. The number of likely N-dealkylation sites (tertiary alicyclic amines) is 1. The van der Waals surface area contributed by atoms with Crippen molar-refractivity contribution in [2.24, 2.45) is 5.73 Å². The second-order valence-corrected chi connectivity index (χ2v) is 5.97. The summed E-state index contributed by atoms with van der Waals surface area (Å²) in [6.45, 7) is 7.56. The summed E-state index contributed by atoms with van der Waals surface area (Å²) in [7, 11) is 0. The Morgan fingerprint density at radius 3 is 2.53 bits per heavy atom. The van der Waals surface area contributed by atoms with E-state index in [1.807, 2.05) is 0 Å². The molecule has 1 aliphatic rings. The van der Waals surface area contributed by atoms with E-state index in [1.165, 1.54) is 0 Å². The minimum absolute atomic E-state index is 0.00423. The highest BCUT2D eigenvalue weighted by Crippen LogP contribution is 2.20. The molecule has 1 aromatic heterocycles. The average Bonchev–Trinajstić information content (AvgIpc) is 2.75. The van der Waals surface area contributed by atoms with Gasteiger partial charge in [-0.3, -0.25) is 5.32 Å². The second-order valence-electron chi connectivity index (χ2n) is 5.97. The molecule has 0 spiro atoms. The summed E-state index contributed by atoms with van der Waals surface area (Å²) in [5.41, 5.74) is 6.81. The molecule has 0 bridgehead atoms. The number of anilines is 1. The van der Waals surface area contributed by atoms with E-state index < -0.39 is 0 Å². The lowest BCUT2D eigenvalue weighted by atomic mass is 9.89. The molecule has 1 aromatic rings. The highest BCUT2D eigenvalue weighted by atomic mass is 16.2. The molecule has 6 heteroatoms. The van der Waals surface area contributed by atoms with Crippen LogP contribution < -0.4 is 11.1 Å². The van der Waals surface area contributed by atoms with Crippen LogP contribution in [0.5, 0.6) is 0 Å².